The molecule has 5 nitrogen and oxygen atoms in total. The first kappa shape index (κ1) is 15.8. The second-order valence-electron chi connectivity index (χ2n) is 6.54. The van der Waals surface area contributed by atoms with Gasteiger partial charge in [0, 0.05) is 12.5 Å². The molecule has 0 saturated carbocycles. The van der Waals surface area contributed by atoms with E-state index in [4.69, 9.17) is 4.74 Å². The van der Waals surface area contributed by atoms with Crippen molar-refractivity contribution in [3.63, 3.8) is 0 Å². The number of carboxylic acid groups (broad SMARTS) is 1. The van der Waals surface area contributed by atoms with Crippen LogP contribution in [0, 0.1) is 5.92 Å². The first-order chi connectivity index (χ1) is 12.2. The van der Waals surface area contributed by atoms with Gasteiger partial charge in [0.2, 0.25) is 5.91 Å². The zero-order valence-electron chi connectivity index (χ0n) is 13.6. The molecule has 2 aromatic rings. The van der Waals surface area contributed by atoms with E-state index < -0.39 is 17.9 Å². The van der Waals surface area contributed by atoms with Gasteiger partial charge in [-0.2, -0.15) is 0 Å². The Bertz CT molecular complexity index is 780. The van der Waals surface area contributed by atoms with Gasteiger partial charge in [0.1, 0.15) is 6.04 Å². The monoisotopic (exact) mass is 337 g/mol. The Balaban J connectivity index is 1.72. The van der Waals surface area contributed by atoms with Crippen molar-refractivity contribution in [2.24, 2.45) is 5.92 Å². The summed E-state index contributed by atoms with van der Waals surface area (Å²) >= 11 is 0. The van der Waals surface area contributed by atoms with Gasteiger partial charge in [-0.25, -0.2) is 4.79 Å². The Morgan fingerprint density at radius 1 is 1.04 bits per heavy atom. The smallest absolute Gasteiger partial charge is 0.327 e. The molecular weight excluding hydrogens is 318 g/mol. The molecule has 4 rings (SSSR count). The Labute approximate surface area is 145 Å². The van der Waals surface area contributed by atoms with Gasteiger partial charge in [0.15, 0.2) is 0 Å². The van der Waals surface area contributed by atoms with E-state index in [0.717, 1.165) is 22.3 Å². The molecular formula is C20H19NO4. The van der Waals surface area contributed by atoms with Crippen molar-refractivity contribution >= 4 is 11.9 Å². The highest BCUT2D eigenvalue weighted by Crippen LogP contribution is 2.46. The summed E-state index contributed by atoms with van der Waals surface area (Å²) in [5.74, 6) is -1.93. The van der Waals surface area contributed by atoms with Gasteiger partial charge in [-0.3, -0.25) is 4.79 Å². The Kier molecular flexibility index (Phi) is 4.01. The highest BCUT2D eigenvalue weighted by Gasteiger charge is 2.40. The molecule has 2 aliphatic rings. The normalized spacial score (nSPS) is 19.9. The molecule has 0 spiro atoms. The highest BCUT2D eigenvalue weighted by molar-refractivity contribution is 5.89. The first-order valence-corrected chi connectivity index (χ1v) is 8.46. The molecule has 1 heterocycles. The summed E-state index contributed by atoms with van der Waals surface area (Å²) < 4.78 is 5.25. The molecule has 1 fully saturated rings. The van der Waals surface area contributed by atoms with Gasteiger partial charge in [0.25, 0.3) is 0 Å². The van der Waals surface area contributed by atoms with Crippen LogP contribution in [-0.4, -0.2) is 36.2 Å². The third-order valence-electron chi connectivity index (χ3n) is 5.08. The molecule has 1 aliphatic heterocycles. The van der Waals surface area contributed by atoms with Crippen LogP contribution in [0.4, 0.5) is 0 Å². The third kappa shape index (κ3) is 2.70. The van der Waals surface area contributed by atoms with Crippen molar-refractivity contribution in [3.05, 3.63) is 59.7 Å². The van der Waals surface area contributed by atoms with Crippen LogP contribution in [0.3, 0.4) is 0 Å². The number of ether oxygens (including phenoxy) is 1. The van der Waals surface area contributed by atoms with Gasteiger partial charge >= 0.3 is 5.97 Å². The third-order valence-corrected chi connectivity index (χ3v) is 5.08. The molecule has 2 aromatic carbocycles. The lowest BCUT2D eigenvalue weighted by atomic mass is 9.89. The SMILES string of the molecule is O=C(N[C@H](C(=O)O)C1c2ccccc2-c2ccccc21)[C@@H]1CCOC1. The largest absolute Gasteiger partial charge is 0.480 e. The first-order valence-electron chi connectivity index (χ1n) is 8.46. The van der Waals surface area contributed by atoms with E-state index in [-0.39, 0.29) is 11.8 Å². The number of fused-ring (bicyclic) bond motifs is 3. The van der Waals surface area contributed by atoms with Crippen LogP contribution in [0.15, 0.2) is 48.5 Å². The molecule has 0 aromatic heterocycles. The van der Waals surface area contributed by atoms with Crippen molar-refractivity contribution in [3.8, 4) is 11.1 Å². The average Bonchev–Trinajstić information content (AvgIpc) is 3.26. The highest BCUT2D eigenvalue weighted by atomic mass is 16.5. The summed E-state index contributed by atoms with van der Waals surface area (Å²) in [5, 5.41) is 12.6. The minimum absolute atomic E-state index is 0.244. The molecule has 0 radical (unpaired) electrons. The predicted octanol–water partition coefficient (Wildman–Crippen LogP) is 2.40. The Morgan fingerprint density at radius 3 is 2.16 bits per heavy atom. The van der Waals surface area contributed by atoms with Gasteiger partial charge in [-0.1, -0.05) is 48.5 Å². The number of amides is 1. The van der Waals surface area contributed by atoms with Crippen LogP contribution < -0.4 is 5.32 Å². The molecule has 25 heavy (non-hydrogen) atoms. The van der Waals surface area contributed by atoms with E-state index in [1.807, 2.05) is 48.5 Å². The molecule has 1 aliphatic carbocycles. The second kappa shape index (κ2) is 6.33. The number of aliphatic carboxylic acids is 1. The zero-order valence-corrected chi connectivity index (χ0v) is 13.6. The maximum Gasteiger partial charge on any atom is 0.327 e. The van der Waals surface area contributed by atoms with E-state index in [1.165, 1.54) is 0 Å². The molecule has 0 unspecified atom stereocenters. The number of carbonyl (C=O) groups is 2. The predicted molar refractivity (Wildman–Crippen MR) is 92.2 cm³/mol. The van der Waals surface area contributed by atoms with Crippen LogP contribution >= 0.6 is 0 Å². The van der Waals surface area contributed by atoms with E-state index in [1.54, 1.807) is 0 Å². The van der Waals surface area contributed by atoms with Crippen molar-refractivity contribution in [2.45, 2.75) is 18.4 Å². The lowest BCUT2D eigenvalue weighted by Gasteiger charge is -2.24. The molecule has 5 heteroatoms. The van der Waals surface area contributed by atoms with Crippen LogP contribution in [0.5, 0.6) is 0 Å². The molecule has 1 saturated heterocycles. The zero-order chi connectivity index (χ0) is 17.4. The molecule has 2 atom stereocenters. The van der Waals surface area contributed by atoms with Gasteiger partial charge in [0.05, 0.1) is 12.5 Å². The average molecular weight is 337 g/mol. The molecule has 128 valence electrons. The van der Waals surface area contributed by atoms with Crippen LogP contribution in [0.25, 0.3) is 11.1 Å². The quantitative estimate of drug-likeness (QED) is 0.898. The maximum absolute atomic E-state index is 12.5. The standard InChI is InChI=1S/C20H19NO4/c22-19(12-9-10-25-11-12)21-18(20(23)24)17-15-7-3-1-5-13(15)14-6-2-4-8-16(14)17/h1-8,12,17-18H,9-11H2,(H,21,22)(H,23,24)/t12-,18+/m1/s1. The van der Waals surface area contributed by atoms with Crippen molar-refractivity contribution in [1.82, 2.24) is 5.32 Å². The summed E-state index contributed by atoms with van der Waals surface area (Å²) in [6, 6.07) is 14.6. The molecule has 1 amide bonds. The number of carboxylic acids is 1. The number of benzene rings is 2. The number of rotatable bonds is 4. The van der Waals surface area contributed by atoms with Crippen LogP contribution in [-0.2, 0) is 14.3 Å². The topological polar surface area (TPSA) is 75.6 Å². The number of nitrogens with one attached hydrogen (secondary N) is 1. The fraction of sp³-hybridized carbons (Fsp3) is 0.300. The van der Waals surface area contributed by atoms with Gasteiger partial charge < -0.3 is 15.2 Å². The lowest BCUT2D eigenvalue weighted by Crippen LogP contribution is -2.47. The second-order valence-corrected chi connectivity index (χ2v) is 6.54. The van der Waals surface area contributed by atoms with Gasteiger partial charge in [-0.05, 0) is 28.7 Å². The van der Waals surface area contributed by atoms with E-state index in [0.29, 0.717) is 19.6 Å². The van der Waals surface area contributed by atoms with Gasteiger partial charge in [-0.15, -0.1) is 0 Å². The van der Waals surface area contributed by atoms with Crippen LogP contribution in [0.2, 0.25) is 0 Å². The van der Waals surface area contributed by atoms with E-state index in [2.05, 4.69) is 5.32 Å². The minimum atomic E-state index is -1.02. The van der Waals surface area contributed by atoms with Crippen molar-refractivity contribution in [2.75, 3.05) is 13.2 Å². The molecule has 2 N–H and O–H groups in total. The summed E-state index contributed by atoms with van der Waals surface area (Å²) in [6.45, 7) is 0.904. The van der Waals surface area contributed by atoms with E-state index >= 15 is 0 Å². The Morgan fingerprint density at radius 2 is 1.64 bits per heavy atom. The van der Waals surface area contributed by atoms with Crippen molar-refractivity contribution in [1.29, 1.82) is 0 Å². The lowest BCUT2D eigenvalue weighted by molar-refractivity contribution is -0.142. The summed E-state index contributed by atoms with van der Waals surface area (Å²) in [5.41, 5.74) is 3.96. The molecule has 0 bridgehead atoms. The summed E-state index contributed by atoms with van der Waals surface area (Å²) in [4.78, 5) is 24.5. The maximum atomic E-state index is 12.5. The minimum Gasteiger partial charge on any atom is -0.480 e. The fourth-order valence-corrected chi connectivity index (χ4v) is 3.85. The van der Waals surface area contributed by atoms with Crippen molar-refractivity contribution < 1.29 is 19.4 Å². The fourth-order valence-electron chi connectivity index (χ4n) is 3.85. The Hall–Kier alpha value is -2.66. The summed E-state index contributed by atoms with van der Waals surface area (Å²) in [7, 11) is 0. The number of carbonyl (C=O) groups excluding carboxylic acids is 1. The number of hydrogen-bond acceptors (Lipinski definition) is 3. The summed E-state index contributed by atoms with van der Waals surface area (Å²) in [6.07, 6.45) is 0.635. The number of hydrogen-bond donors (Lipinski definition) is 2. The van der Waals surface area contributed by atoms with Crippen LogP contribution in [0.1, 0.15) is 23.5 Å². The van der Waals surface area contributed by atoms with E-state index in [9.17, 15) is 14.7 Å².